The number of esters is 1. The van der Waals surface area contributed by atoms with Gasteiger partial charge in [0.1, 0.15) is 6.10 Å². The second-order valence-electron chi connectivity index (χ2n) is 16.5. The number of carboxylic acid groups (broad SMARTS) is 1. The Morgan fingerprint density at radius 3 is 2.11 bits per heavy atom. The SMILES string of the molecule is CC(C)C(=O)O[C@H]1CC[C@]2(C)[C@H]3CC[C@@H]4C5=CC(C)(C)CC[C@]5(C(=O)O)CC[C@@]4(C)[C@]3(C)CC[C@H]2C1(C)C. The molecule has 0 spiro atoms. The van der Waals surface area contributed by atoms with E-state index in [0.717, 1.165) is 44.9 Å². The molecule has 5 aliphatic carbocycles. The van der Waals surface area contributed by atoms with E-state index >= 15 is 0 Å². The molecule has 0 aliphatic heterocycles. The summed E-state index contributed by atoms with van der Waals surface area (Å²) < 4.78 is 6.14. The molecular weight excluding hydrogens is 472 g/mol. The fourth-order valence-electron chi connectivity index (χ4n) is 11.2. The number of fused-ring (bicyclic) bond motifs is 7. The monoisotopic (exact) mass is 526 g/mol. The fraction of sp³-hybridized carbons (Fsp3) is 0.882. The Balaban J connectivity index is 1.50. The minimum Gasteiger partial charge on any atom is -0.481 e. The van der Waals surface area contributed by atoms with Crippen LogP contribution >= 0.6 is 0 Å². The van der Waals surface area contributed by atoms with E-state index in [1.807, 2.05) is 13.8 Å². The van der Waals surface area contributed by atoms with Crippen LogP contribution in [0.3, 0.4) is 0 Å². The summed E-state index contributed by atoms with van der Waals surface area (Å²) in [6, 6.07) is 0. The Morgan fingerprint density at radius 2 is 1.47 bits per heavy atom. The molecule has 0 aromatic heterocycles. The van der Waals surface area contributed by atoms with Gasteiger partial charge in [0.25, 0.3) is 0 Å². The van der Waals surface area contributed by atoms with Crippen molar-refractivity contribution >= 4 is 11.9 Å². The molecule has 4 nitrogen and oxygen atoms in total. The first-order valence-electron chi connectivity index (χ1n) is 15.6. The number of rotatable bonds is 3. The maximum atomic E-state index is 12.8. The van der Waals surface area contributed by atoms with Gasteiger partial charge in [0.05, 0.1) is 11.3 Å². The quantitative estimate of drug-likeness (QED) is 0.296. The maximum absolute atomic E-state index is 12.8. The van der Waals surface area contributed by atoms with Crippen molar-refractivity contribution < 1.29 is 19.4 Å². The summed E-state index contributed by atoms with van der Waals surface area (Å²) in [6.07, 6.45) is 12.7. The minimum absolute atomic E-state index is 0.00718. The maximum Gasteiger partial charge on any atom is 0.313 e. The van der Waals surface area contributed by atoms with Crippen molar-refractivity contribution in [1.29, 1.82) is 0 Å². The zero-order chi connectivity index (χ0) is 28.1. The third kappa shape index (κ3) is 3.66. The van der Waals surface area contributed by atoms with E-state index in [0.29, 0.717) is 17.8 Å². The summed E-state index contributed by atoms with van der Waals surface area (Å²) >= 11 is 0. The molecular formula is C34H54O4. The number of carboxylic acids is 1. The number of hydrogen-bond donors (Lipinski definition) is 1. The lowest BCUT2D eigenvalue weighted by molar-refractivity contribution is -0.234. The van der Waals surface area contributed by atoms with Crippen LogP contribution in [0.1, 0.15) is 127 Å². The van der Waals surface area contributed by atoms with E-state index in [9.17, 15) is 14.7 Å². The number of allylic oxidation sites excluding steroid dienone is 1. The van der Waals surface area contributed by atoms with Crippen LogP contribution in [0.5, 0.6) is 0 Å². The van der Waals surface area contributed by atoms with Crippen LogP contribution in [0.15, 0.2) is 11.6 Å². The van der Waals surface area contributed by atoms with Gasteiger partial charge in [0.2, 0.25) is 0 Å². The molecule has 0 bridgehead atoms. The summed E-state index contributed by atoms with van der Waals surface area (Å²) in [5.41, 5.74) is 1.18. The van der Waals surface area contributed by atoms with E-state index < -0.39 is 11.4 Å². The Morgan fingerprint density at radius 1 is 0.816 bits per heavy atom. The third-order valence-electron chi connectivity index (χ3n) is 13.7. The second kappa shape index (κ2) is 8.59. The van der Waals surface area contributed by atoms with Crippen molar-refractivity contribution in [1.82, 2.24) is 0 Å². The number of ether oxygens (including phenoxy) is 1. The van der Waals surface area contributed by atoms with Crippen molar-refractivity contribution in [3.8, 4) is 0 Å². The molecule has 214 valence electrons. The zero-order valence-corrected chi connectivity index (χ0v) is 25.7. The van der Waals surface area contributed by atoms with Gasteiger partial charge in [-0.05, 0) is 104 Å². The highest BCUT2D eigenvalue weighted by Gasteiger charge is 2.70. The van der Waals surface area contributed by atoms with Gasteiger partial charge >= 0.3 is 11.9 Å². The summed E-state index contributed by atoms with van der Waals surface area (Å²) in [5, 5.41) is 10.6. The highest BCUT2D eigenvalue weighted by molar-refractivity contribution is 5.80. The summed E-state index contributed by atoms with van der Waals surface area (Å²) in [6.45, 7) is 20.9. The molecule has 8 atom stereocenters. The molecule has 0 aromatic rings. The van der Waals surface area contributed by atoms with Gasteiger partial charge in [-0.3, -0.25) is 9.59 Å². The van der Waals surface area contributed by atoms with Crippen LogP contribution in [0.2, 0.25) is 0 Å². The first kappa shape index (κ1) is 28.2. The molecule has 5 rings (SSSR count). The Kier molecular flexibility index (Phi) is 6.38. The largest absolute Gasteiger partial charge is 0.481 e. The van der Waals surface area contributed by atoms with E-state index in [-0.39, 0.29) is 45.1 Å². The lowest BCUT2D eigenvalue weighted by atomic mass is 9.32. The van der Waals surface area contributed by atoms with Crippen molar-refractivity contribution in [2.24, 2.45) is 56.2 Å². The number of hydrogen-bond acceptors (Lipinski definition) is 3. The van der Waals surface area contributed by atoms with Crippen molar-refractivity contribution in [3.05, 3.63) is 11.6 Å². The van der Waals surface area contributed by atoms with E-state index in [4.69, 9.17) is 4.74 Å². The first-order chi connectivity index (χ1) is 17.4. The van der Waals surface area contributed by atoms with Crippen LogP contribution in [0.4, 0.5) is 0 Å². The number of carbonyl (C=O) groups is 2. The smallest absolute Gasteiger partial charge is 0.313 e. The van der Waals surface area contributed by atoms with Crippen LogP contribution in [-0.2, 0) is 14.3 Å². The molecule has 4 heteroatoms. The van der Waals surface area contributed by atoms with Crippen LogP contribution in [0.25, 0.3) is 0 Å². The van der Waals surface area contributed by atoms with E-state index in [2.05, 4.69) is 54.5 Å². The van der Waals surface area contributed by atoms with Gasteiger partial charge in [0.15, 0.2) is 0 Å². The van der Waals surface area contributed by atoms with Crippen LogP contribution < -0.4 is 0 Å². The summed E-state index contributed by atoms with van der Waals surface area (Å²) in [7, 11) is 0. The van der Waals surface area contributed by atoms with Crippen LogP contribution in [0, 0.1) is 56.2 Å². The molecule has 0 aromatic carbocycles. The van der Waals surface area contributed by atoms with Gasteiger partial charge in [-0.25, -0.2) is 0 Å². The standard InChI is InChI=1S/C34H54O4/c1-21(2)27(35)38-26-13-14-31(7)24(30(26,5)6)12-15-33(9)25(31)11-10-22-23-20-29(3,4)16-18-34(23,28(36)37)19-17-32(22,33)8/h20-22,24-26H,10-19H2,1-9H3,(H,36,37)/t22-,24+,25-,26+,31+,32-,33-,34+/m1/s1. The topological polar surface area (TPSA) is 63.6 Å². The molecule has 4 fully saturated rings. The van der Waals surface area contributed by atoms with Gasteiger partial charge in [-0.1, -0.05) is 74.0 Å². The predicted octanol–water partition coefficient (Wildman–Crippen LogP) is 8.44. The molecule has 4 saturated carbocycles. The van der Waals surface area contributed by atoms with Crippen LogP contribution in [-0.4, -0.2) is 23.1 Å². The van der Waals surface area contributed by atoms with E-state index in [1.165, 1.54) is 24.8 Å². The average molecular weight is 527 g/mol. The zero-order valence-electron chi connectivity index (χ0n) is 25.7. The number of aliphatic carboxylic acids is 1. The minimum atomic E-state index is -0.648. The second-order valence-corrected chi connectivity index (χ2v) is 16.5. The lowest BCUT2D eigenvalue weighted by Gasteiger charge is -2.72. The van der Waals surface area contributed by atoms with Crippen molar-refractivity contribution in [3.63, 3.8) is 0 Å². The molecule has 5 aliphatic rings. The molecule has 0 radical (unpaired) electrons. The summed E-state index contributed by atoms with van der Waals surface area (Å²) in [4.78, 5) is 25.4. The van der Waals surface area contributed by atoms with Gasteiger partial charge in [0, 0.05) is 5.41 Å². The predicted molar refractivity (Wildman–Crippen MR) is 151 cm³/mol. The Bertz CT molecular complexity index is 1040. The van der Waals surface area contributed by atoms with Gasteiger partial charge < -0.3 is 9.84 Å². The average Bonchev–Trinajstić information content (AvgIpc) is 2.80. The van der Waals surface area contributed by atoms with Crippen molar-refractivity contribution in [2.75, 3.05) is 0 Å². The van der Waals surface area contributed by atoms with Crippen molar-refractivity contribution in [2.45, 2.75) is 133 Å². The Hall–Kier alpha value is -1.32. The van der Waals surface area contributed by atoms with E-state index in [1.54, 1.807) is 0 Å². The molecule has 1 N–H and O–H groups in total. The number of carbonyl (C=O) groups excluding carboxylic acids is 1. The highest BCUT2D eigenvalue weighted by atomic mass is 16.5. The molecule has 0 heterocycles. The summed E-state index contributed by atoms with van der Waals surface area (Å²) in [5.74, 6) is 0.775. The molecule has 38 heavy (non-hydrogen) atoms. The molecule has 0 saturated heterocycles. The lowest BCUT2D eigenvalue weighted by Crippen LogP contribution is -2.66. The molecule has 0 unspecified atom stereocenters. The molecule has 0 amide bonds. The Labute approximate surface area is 231 Å². The third-order valence-corrected chi connectivity index (χ3v) is 13.7. The van der Waals surface area contributed by atoms with Gasteiger partial charge in [-0.15, -0.1) is 0 Å². The first-order valence-corrected chi connectivity index (χ1v) is 15.6. The van der Waals surface area contributed by atoms with Gasteiger partial charge in [-0.2, -0.15) is 0 Å². The fourth-order valence-corrected chi connectivity index (χ4v) is 11.2. The highest BCUT2D eigenvalue weighted by Crippen LogP contribution is 2.76. The normalized spacial score (nSPS) is 47.1.